The number of carbonyl (C=O) groups is 5. The van der Waals surface area contributed by atoms with Crippen LogP contribution >= 0.6 is 0 Å². The third kappa shape index (κ3) is 1960. The van der Waals surface area contributed by atoms with E-state index in [1.807, 2.05) is 0 Å². The molecule has 0 rings (SSSR count). The van der Waals surface area contributed by atoms with E-state index in [0.29, 0.717) is 0 Å². The van der Waals surface area contributed by atoms with Gasteiger partial charge in [0.15, 0.2) is 0 Å². The second-order valence-corrected chi connectivity index (χ2v) is 1.41. The molecule has 0 saturated carbocycles. The van der Waals surface area contributed by atoms with Crippen molar-refractivity contribution in [3.8, 4) is 0 Å². The zero-order chi connectivity index (χ0) is 17.9. The third-order valence-corrected chi connectivity index (χ3v) is 0. The summed E-state index contributed by atoms with van der Waals surface area (Å²) in [6, 6.07) is 0. The summed E-state index contributed by atoms with van der Waals surface area (Å²) in [5, 5.41) is 69.7. The van der Waals surface area contributed by atoms with Gasteiger partial charge in [-0.25, -0.2) is 24.0 Å². The van der Waals surface area contributed by atoms with Crippen molar-refractivity contribution in [3.05, 3.63) is 0 Å². The zero-order valence-corrected chi connectivity index (χ0v) is 30.0. The minimum Gasteiger partial charge on any atom is -1.00 e. The zero-order valence-electron chi connectivity index (χ0n) is 23.0. The molecule has 15 nitrogen and oxygen atoms in total. The molecule has 0 atom stereocenters. The molecule has 0 aromatic rings. The second-order valence-electron chi connectivity index (χ2n) is 1.41. The molecular weight excluding hydrogens is 461 g/mol. The summed E-state index contributed by atoms with van der Waals surface area (Å²) in [6.07, 6.45) is -9.17. The van der Waals surface area contributed by atoms with E-state index < -0.39 is 30.8 Å². The number of carboxylic acid groups (broad SMARTS) is 10. The van der Waals surface area contributed by atoms with Crippen LogP contribution in [0.1, 0.15) is 9.99 Å². The molecule has 0 fully saturated rings. The molecule has 0 amide bonds. The first-order valence-electron chi connectivity index (χ1n) is 3.26. The average Bonchev–Trinajstić information content (AvgIpc) is 1.94. The summed E-state index contributed by atoms with van der Waals surface area (Å²) in [5.74, 6) is 0. The number of hydrogen-bond donors (Lipinski definition) is 10. The van der Waals surface area contributed by atoms with Gasteiger partial charge in [-0.1, -0.05) is 0 Å². The van der Waals surface area contributed by atoms with Crippen molar-refractivity contribution < 1.29 is 292 Å². The van der Waals surface area contributed by atoms with Gasteiger partial charge in [-0.3, -0.25) is 0 Å². The van der Waals surface area contributed by atoms with Crippen LogP contribution in [0.2, 0.25) is 0 Å². The summed E-state index contributed by atoms with van der Waals surface area (Å²) >= 11 is 0. The predicted octanol–water partition coefficient (Wildman–Crippen LogP) is -19.1. The largest absolute Gasteiger partial charge is 1.00 e. The summed E-state index contributed by atoms with van der Waals surface area (Å²) in [5.41, 5.74) is 0. The van der Waals surface area contributed by atoms with Gasteiger partial charge in [0.05, 0.1) is 0 Å². The summed E-state index contributed by atoms with van der Waals surface area (Å²) in [6.45, 7) is 0. The van der Waals surface area contributed by atoms with Crippen LogP contribution in [0.5, 0.6) is 0 Å². The molecule has 0 bridgehead atoms. The van der Waals surface area contributed by atoms with Crippen molar-refractivity contribution >= 4 is 30.8 Å². The minimum atomic E-state index is -1.83. The molecule has 0 aliphatic carbocycles. The van der Waals surface area contributed by atoms with E-state index in [1.165, 1.54) is 0 Å². The number of hydrogen-bond acceptors (Lipinski definition) is 5. The van der Waals surface area contributed by atoms with Gasteiger partial charge in [0.1, 0.15) is 0 Å². The molecule has 10 N–H and O–H groups in total. The van der Waals surface area contributed by atoms with E-state index in [-0.39, 0.29) is 217 Å². The van der Waals surface area contributed by atoms with E-state index in [2.05, 4.69) is 0 Å². The summed E-state index contributed by atoms with van der Waals surface area (Å²) < 4.78 is 0. The SMILES string of the molecule is O=C(O)O.O=C(O)O.O=C(O)O.O=C(O)O.O=C(O)O.[H-].[H-].[H-].[H-].[H-].[H-].[H-].[Na+].[Na+].[Na+].[Na+].[Na+].[Na+].[Na+]. The van der Waals surface area contributed by atoms with Crippen molar-refractivity contribution in [2.75, 3.05) is 0 Å². The predicted molar refractivity (Wildman–Crippen MR) is 61.1 cm³/mol. The molecule has 0 spiro atoms. The molecule has 0 radical (unpaired) electrons. The van der Waals surface area contributed by atoms with Crippen LogP contribution in [0.15, 0.2) is 0 Å². The molecule has 0 aromatic heterocycles. The Kier molecular flexibility index (Phi) is 201. The fraction of sp³-hybridized carbons (Fsp3) is 0. The minimum absolute atomic E-state index is 0. The first-order chi connectivity index (χ1) is 8.66. The van der Waals surface area contributed by atoms with Gasteiger partial charge in [0, 0.05) is 0 Å². The molecular formula is C5H17Na7O15. The summed E-state index contributed by atoms with van der Waals surface area (Å²) in [4.78, 5) is 42.8. The van der Waals surface area contributed by atoms with Crippen molar-refractivity contribution in [2.24, 2.45) is 0 Å². The van der Waals surface area contributed by atoms with E-state index in [9.17, 15) is 0 Å². The van der Waals surface area contributed by atoms with Gasteiger partial charge in [0.25, 0.3) is 0 Å². The van der Waals surface area contributed by atoms with Crippen LogP contribution in [0.4, 0.5) is 24.0 Å². The Morgan fingerprint density at radius 3 is 0.296 bits per heavy atom. The molecule has 0 saturated heterocycles. The maximum atomic E-state index is 8.56. The average molecular weight is 478 g/mol. The number of rotatable bonds is 0. The first kappa shape index (κ1) is 77.6. The maximum absolute atomic E-state index is 8.56. The Morgan fingerprint density at radius 2 is 0.296 bits per heavy atom. The molecule has 134 valence electrons. The smallest absolute Gasteiger partial charge is 1.00 e. The molecule has 0 aromatic carbocycles. The molecule has 0 aliphatic heterocycles. The molecule has 0 heterocycles. The Hall–Kier alpha value is 3.35. The van der Waals surface area contributed by atoms with E-state index in [0.717, 1.165) is 0 Å². The first-order valence-corrected chi connectivity index (χ1v) is 3.26. The van der Waals surface area contributed by atoms with E-state index in [1.54, 1.807) is 0 Å². The topological polar surface area (TPSA) is 288 Å². The van der Waals surface area contributed by atoms with Gasteiger partial charge >= 0.3 is 238 Å². The van der Waals surface area contributed by atoms with Crippen molar-refractivity contribution in [3.63, 3.8) is 0 Å². The molecule has 22 heteroatoms. The van der Waals surface area contributed by atoms with Crippen LogP contribution in [0, 0.1) is 0 Å². The van der Waals surface area contributed by atoms with Gasteiger partial charge in [-0.05, 0) is 0 Å². The standard InChI is InChI=1S/5CH2O3.7Na.7H/c5*2-1(3)4;;;;;;;;;;;;;;/h5*(H2,2,3,4);;;;;;;;;;;;;;/q;;;;;7*+1;7*-1. The van der Waals surface area contributed by atoms with Gasteiger partial charge in [0.2, 0.25) is 0 Å². The normalized spacial score (nSPS) is 4.44. The fourth-order valence-electron chi connectivity index (χ4n) is 0. The van der Waals surface area contributed by atoms with Gasteiger partial charge in [-0.15, -0.1) is 0 Å². The van der Waals surface area contributed by atoms with Crippen LogP contribution in [-0.2, 0) is 0 Å². The molecule has 0 aliphatic rings. The van der Waals surface area contributed by atoms with Crippen molar-refractivity contribution in [2.45, 2.75) is 0 Å². The van der Waals surface area contributed by atoms with Crippen LogP contribution in [0.25, 0.3) is 0 Å². The van der Waals surface area contributed by atoms with Gasteiger partial charge in [-0.2, -0.15) is 0 Å². The summed E-state index contributed by atoms with van der Waals surface area (Å²) in [7, 11) is 0. The van der Waals surface area contributed by atoms with Crippen LogP contribution < -0.4 is 207 Å². The quantitative estimate of drug-likeness (QED) is 0.145. The van der Waals surface area contributed by atoms with Gasteiger partial charge < -0.3 is 61.1 Å². The molecule has 0 unspecified atom stereocenters. The Balaban J connectivity index is -0.00000000441. The van der Waals surface area contributed by atoms with Crippen molar-refractivity contribution in [1.82, 2.24) is 0 Å². The molecule has 27 heavy (non-hydrogen) atoms. The third-order valence-electron chi connectivity index (χ3n) is 0. The van der Waals surface area contributed by atoms with E-state index in [4.69, 9.17) is 75.0 Å². The van der Waals surface area contributed by atoms with Crippen LogP contribution in [-0.4, -0.2) is 81.8 Å². The Morgan fingerprint density at radius 1 is 0.296 bits per heavy atom. The fourth-order valence-corrected chi connectivity index (χ4v) is 0. The second kappa shape index (κ2) is 70.1. The van der Waals surface area contributed by atoms with E-state index >= 15 is 0 Å². The van der Waals surface area contributed by atoms with Crippen molar-refractivity contribution in [1.29, 1.82) is 0 Å². The Labute approximate surface area is 316 Å². The monoisotopic (exact) mass is 478 g/mol. The Bertz CT molecular complexity index is 248. The van der Waals surface area contributed by atoms with Crippen LogP contribution in [0.3, 0.4) is 0 Å². The maximum Gasteiger partial charge on any atom is 1.00 e.